The molecule has 3 rings (SSSR count). The third-order valence-electron chi connectivity index (χ3n) is 3.97. The number of anilines is 2. The minimum absolute atomic E-state index is 0.0341. The molecule has 0 spiro atoms. The molecule has 0 fully saturated rings. The van der Waals surface area contributed by atoms with Crippen LogP contribution in [-0.2, 0) is 12.8 Å². The number of rotatable bonds is 3. The molecule has 2 aromatic carbocycles. The first-order valence-corrected chi connectivity index (χ1v) is 7.54. The van der Waals surface area contributed by atoms with Gasteiger partial charge < -0.3 is 10.6 Å². The summed E-state index contributed by atoms with van der Waals surface area (Å²) in [5.74, 6) is -0.0341. The van der Waals surface area contributed by atoms with E-state index in [1.165, 1.54) is 5.56 Å². The molecule has 0 saturated heterocycles. The summed E-state index contributed by atoms with van der Waals surface area (Å²) in [7, 11) is 0. The molecule has 108 valence electrons. The molecule has 1 heterocycles. The van der Waals surface area contributed by atoms with E-state index in [1.54, 1.807) is 0 Å². The van der Waals surface area contributed by atoms with Crippen molar-refractivity contribution in [1.82, 2.24) is 0 Å². The highest BCUT2D eigenvalue weighted by molar-refractivity contribution is 6.07. The van der Waals surface area contributed by atoms with Gasteiger partial charge in [0.15, 0.2) is 0 Å². The summed E-state index contributed by atoms with van der Waals surface area (Å²) in [6.45, 7) is 3.03. The van der Waals surface area contributed by atoms with Gasteiger partial charge in [-0.3, -0.25) is 4.79 Å². The molecule has 1 aliphatic rings. The molecule has 0 unspecified atom stereocenters. The minimum Gasteiger partial charge on any atom is -0.383 e. The molecule has 21 heavy (non-hydrogen) atoms. The summed E-state index contributed by atoms with van der Waals surface area (Å²) in [6, 6.07) is 13.9. The Morgan fingerprint density at radius 2 is 2.05 bits per heavy atom. The molecular formula is C18H20N2O. The van der Waals surface area contributed by atoms with Gasteiger partial charge in [-0.25, -0.2) is 0 Å². The van der Waals surface area contributed by atoms with Gasteiger partial charge in [-0.05, 0) is 42.5 Å². The maximum Gasteiger partial charge on any atom is 0.255 e. The zero-order valence-electron chi connectivity index (χ0n) is 12.3. The van der Waals surface area contributed by atoms with E-state index in [2.05, 4.69) is 23.6 Å². The van der Waals surface area contributed by atoms with E-state index in [0.717, 1.165) is 48.3 Å². The van der Waals surface area contributed by atoms with Crippen LogP contribution in [0.5, 0.6) is 0 Å². The molecule has 0 radical (unpaired) electrons. The standard InChI is InChI=1S/C18H20N2O/c1-2-13-7-3-4-10-15(13)18(21)20-16-11-5-8-14-9-6-12-19-17(14)16/h3-5,7-8,10-11,19H,2,6,9,12H2,1H3,(H,20,21). The van der Waals surface area contributed by atoms with Crippen LogP contribution < -0.4 is 10.6 Å². The van der Waals surface area contributed by atoms with Crippen LogP contribution in [0.1, 0.15) is 34.8 Å². The van der Waals surface area contributed by atoms with Crippen molar-refractivity contribution in [2.45, 2.75) is 26.2 Å². The normalized spacial score (nSPS) is 13.2. The number of para-hydroxylation sites is 1. The molecule has 1 aliphatic heterocycles. The second kappa shape index (κ2) is 6.00. The average molecular weight is 280 g/mol. The number of nitrogens with one attached hydrogen (secondary N) is 2. The highest BCUT2D eigenvalue weighted by atomic mass is 16.1. The fourth-order valence-corrected chi connectivity index (χ4v) is 2.85. The summed E-state index contributed by atoms with van der Waals surface area (Å²) in [5, 5.41) is 6.46. The Morgan fingerprint density at radius 1 is 1.19 bits per heavy atom. The fraction of sp³-hybridized carbons (Fsp3) is 0.278. The van der Waals surface area contributed by atoms with E-state index >= 15 is 0 Å². The van der Waals surface area contributed by atoms with Crippen molar-refractivity contribution >= 4 is 17.3 Å². The molecule has 1 amide bonds. The van der Waals surface area contributed by atoms with Crippen molar-refractivity contribution in [1.29, 1.82) is 0 Å². The van der Waals surface area contributed by atoms with Gasteiger partial charge in [0.25, 0.3) is 5.91 Å². The molecule has 2 aromatic rings. The lowest BCUT2D eigenvalue weighted by Crippen LogP contribution is -2.18. The predicted molar refractivity (Wildman–Crippen MR) is 87.0 cm³/mol. The molecule has 0 aliphatic carbocycles. The summed E-state index contributed by atoms with van der Waals surface area (Å²) in [4.78, 5) is 12.5. The van der Waals surface area contributed by atoms with E-state index in [-0.39, 0.29) is 5.91 Å². The van der Waals surface area contributed by atoms with E-state index in [1.807, 2.05) is 36.4 Å². The second-order valence-electron chi connectivity index (χ2n) is 5.33. The van der Waals surface area contributed by atoms with E-state index in [4.69, 9.17) is 0 Å². The molecule has 0 atom stereocenters. The number of amides is 1. The smallest absolute Gasteiger partial charge is 0.255 e. The Bertz CT molecular complexity index is 664. The van der Waals surface area contributed by atoms with Gasteiger partial charge in [0.2, 0.25) is 0 Å². The molecule has 0 aromatic heterocycles. The molecule has 3 nitrogen and oxygen atoms in total. The van der Waals surface area contributed by atoms with Crippen LogP contribution in [0.15, 0.2) is 42.5 Å². The van der Waals surface area contributed by atoms with Crippen molar-refractivity contribution in [3.05, 3.63) is 59.2 Å². The van der Waals surface area contributed by atoms with Crippen LogP contribution in [0, 0.1) is 0 Å². The molecule has 0 bridgehead atoms. The lowest BCUT2D eigenvalue weighted by atomic mass is 10.0. The van der Waals surface area contributed by atoms with E-state index < -0.39 is 0 Å². The molecule has 0 saturated carbocycles. The van der Waals surface area contributed by atoms with E-state index in [0.29, 0.717) is 0 Å². The summed E-state index contributed by atoms with van der Waals surface area (Å²) < 4.78 is 0. The fourth-order valence-electron chi connectivity index (χ4n) is 2.85. The third-order valence-corrected chi connectivity index (χ3v) is 3.97. The van der Waals surface area contributed by atoms with Gasteiger partial charge in [0, 0.05) is 12.1 Å². The monoisotopic (exact) mass is 280 g/mol. The molecule has 3 heteroatoms. The van der Waals surface area contributed by atoms with Crippen molar-refractivity contribution in [2.75, 3.05) is 17.2 Å². The first-order chi connectivity index (χ1) is 10.3. The summed E-state index contributed by atoms with van der Waals surface area (Å²) in [5.41, 5.74) is 5.07. The van der Waals surface area contributed by atoms with Crippen molar-refractivity contribution in [3.8, 4) is 0 Å². The third kappa shape index (κ3) is 2.77. The summed E-state index contributed by atoms with van der Waals surface area (Å²) in [6.07, 6.45) is 3.06. The minimum atomic E-state index is -0.0341. The van der Waals surface area contributed by atoms with Crippen molar-refractivity contribution in [3.63, 3.8) is 0 Å². The number of fused-ring (bicyclic) bond motifs is 1. The SMILES string of the molecule is CCc1ccccc1C(=O)Nc1cccc2c1NCCC2. The van der Waals surface area contributed by atoms with Gasteiger partial charge >= 0.3 is 0 Å². The number of carbonyl (C=O) groups excluding carboxylic acids is 1. The Balaban J connectivity index is 1.88. The summed E-state index contributed by atoms with van der Waals surface area (Å²) >= 11 is 0. The number of hydrogen-bond acceptors (Lipinski definition) is 2. The lowest BCUT2D eigenvalue weighted by molar-refractivity contribution is 0.102. The van der Waals surface area contributed by atoms with Crippen LogP contribution >= 0.6 is 0 Å². The number of aryl methyl sites for hydroxylation is 2. The Labute approximate surface area is 125 Å². The van der Waals surface area contributed by atoms with Gasteiger partial charge in [-0.15, -0.1) is 0 Å². The number of carbonyl (C=O) groups is 1. The van der Waals surface area contributed by atoms with E-state index in [9.17, 15) is 4.79 Å². The van der Waals surface area contributed by atoms with Crippen molar-refractivity contribution in [2.24, 2.45) is 0 Å². The second-order valence-corrected chi connectivity index (χ2v) is 5.33. The quantitative estimate of drug-likeness (QED) is 0.896. The number of hydrogen-bond donors (Lipinski definition) is 2. The highest BCUT2D eigenvalue weighted by Crippen LogP contribution is 2.30. The average Bonchev–Trinajstić information content (AvgIpc) is 2.55. The predicted octanol–water partition coefficient (Wildman–Crippen LogP) is 3.86. The lowest BCUT2D eigenvalue weighted by Gasteiger charge is -2.21. The van der Waals surface area contributed by atoms with Crippen LogP contribution in [0.3, 0.4) is 0 Å². The van der Waals surface area contributed by atoms with Gasteiger partial charge in [0.1, 0.15) is 0 Å². The Hall–Kier alpha value is -2.29. The maximum absolute atomic E-state index is 12.5. The zero-order chi connectivity index (χ0) is 14.7. The Kier molecular flexibility index (Phi) is 3.91. The van der Waals surface area contributed by atoms with Crippen LogP contribution in [0.4, 0.5) is 11.4 Å². The van der Waals surface area contributed by atoms with Gasteiger partial charge in [0.05, 0.1) is 11.4 Å². The Morgan fingerprint density at radius 3 is 2.90 bits per heavy atom. The topological polar surface area (TPSA) is 41.1 Å². The van der Waals surface area contributed by atoms with Gasteiger partial charge in [-0.2, -0.15) is 0 Å². The largest absolute Gasteiger partial charge is 0.383 e. The first-order valence-electron chi connectivity index (χ1n) is 7.54. The first kappa shape index (κ1) is 13.7. The highest BCUT2D eigenvalue weighted by Gasteiger charge is 2.15. The maximum atomic E-state index is 12.5. The van der Waals surface area contributed by atoms with Crippen molar-refractivity contribution < 1.29 is 4.79 Å². The molecular weight excluding hydrogens is 260 g/mol. The molecule has 2 N–H and O–H groups in total. The van der Waals surface area contributed by atoms with Gasteiger partial charge in [-0.1, -0.05) is 37.3 Å². The van der Waals surface area contributed by atoms with Crippen LogP contribution in [0.2, 0.25) is 0 Å². The van der Waals surface area contributed by atoms with Crippen LogP contribution in [-0.4, -0.2) is 12.5 Å². The van der Waals surface area contributed by atoms with Crippen LogP contribution in [0.25, 0.3) is 0 Å². The number of benzene rings is 2. The zero-order valence-corrected chi connectivity index (χ0v) is 12.3.